The van der Waals surface area contributed by atoms with Gasteiger partial charge in [0.05, 0.1) is 5.69 Å². The zero-order valence-corrected chi connectivity index (χ0v) is 24.2. The summed E-state index contributed by atoms with van der Waals surface area (Å²) in [4.78, 5) is 2.64. The molecule has 3 heterocycles. The summed E-state index contributed by atoms with van der Waals surface area (Å²) in [5, 5.41) is 1.42. The van der Waals surface area contributed by atoms with Crippen molar-refractivity contribution in [3.63, 3.8) is 0 Å². The topological polar surface area (TPSA) is 3.24 Å². The van der Waals surface area contributed by atoms with E-state index in [0.29, 0.717) is 0 Å². The van der Waals surface area contributed by atoms with Crippen LogP contribution in [0.4, 0.5) is 17.1 Å². The summed E-state index contributed by atoms with van der Waals surface area (Å²) in [6.45, 7) is 9.69. The van der Waals surface area contributed by atoms with Gasteiger partial charge in [0.15, 0.2) is 0 Å². The van der Waals surface area contributed by atoms with E-state index < -0.39 is 0 Å². The van der Waals surface area contributed by atoms with Gasteiger partial charge in [-0.15, -0.1) is 11.3 Å². The molecule has 192 valence electrons. The number of rotatable bonds is 4. The Morgan fingerprint density at radius 3 is 2.54 bits per heavy atom. The van der Waals surface area contributed by atoms with Crippen molar-refractivity contribution in [3.8, 4) is 0 Å². The molecule has 1 aliphatic carbocycles. The minimum absolute atomic E-state index is 0.0448. The summed E-state index contributed by atoms with van der Waals surface area (Å²) in [6, 6.07) is 28.7. The molecule has 4 aromatic carbocycles. The monoisotopic (exact) mass is 523 g/mol. The van der Waals surface area contributed by atoms with Gasteiger partial charge in [-0.25, -0.2) is 0 Å². The van der Waals surface area contributed by atoms with Gasteiger partial charge in [0.25, 0.3) is 6.71 Å². The Kier molecular flexibility index (Phi) is 5.05. The number of nitrogens with zero attached hydrogens (tertiary/aromatic N) is 1. The molecule has 0 radical (unpaired) electrons. The van der Waals surface area contributed by atoms with Gasteiger partial charge in [-0.05, 0) is 102 Å². The molecule has 2 aliphatic heterocycles. The Labute approximate surface area is 236 Å². The van der Waals surface area contributed by atoms with Crippen molar-refractivity contribution in [2.45, 2.75) is 65.2 Å². The second-order valence-corrected chi connectivity index (χ2v) is 13.5. The van der Waals surface area contributed by atoms with Gasteiger partial charge in [-0.3, -0.25) is 0 Å². The number of hydrogen-bond acceptors (Lipinski definition) is 2. The van der Waals surface area contributed by atoms with E-state index in [9.17, 15) is 0 Å². The Bertz CT molecular complexity index is 1810. The van der Waals surface area contributed by atoms with Gasteiger partial charge in [0.2, 0.25) is 0 Å². The van der Waals surface area contributed by atoms with Crippen molar-refractivity contribution < 1.29 is 0 Å². The molecule has 0 fully saturated rings. The lowest BCUT2D eigenvalue weighted by Crippen LogP contribution is -2.63. The van der Waals surface area contributed by atoms with Gasteiger partial charge in [0, 0.05) is 31.7 Å². The van der Waals surface area contributed by atoms with Crippen molar-refractivity contribution >= 4 is 60.9 Å². The normalized spacial score (nSPS) is 15.9. The average Bonchev–Trinajstić information content (AvgIpc) is 3.29. The van der Waals surface area contributed by atoms with Crippen LogP contribution in [0.25, 0.3) is 10.1 Å². The van der Waals surface area contributed by atoms with Crippen LogP contribution in [0.15, 0.2) is 72.8 Å². The number of aryl methyl sites for hydroxylation is 4. The lowest BCUT2D eigenvalue weighted by Gasteiger charge is -2.44. The van der Waals surface area contributed by atoms with Crippen LogP contribution in [0, 0.1) is 6.92 Å². The van der Waals surface area contributed by atoms with Crippen LogP contribution in [0.2, 0.25) is 0 Å². The predicted molar refractivity (Wildman–Crippen MR) is 170 cm³/mol. The molecule has 1 aromatic heterocycles. The van der Waals surface area contributed by atoms with Crippen molar-refractivity contribution in [1.82, 2.24) is 0 Å². The third kappa shape index (κ3) is 3.26. The van der Waals surface area contributed by atoms with Crippen molar-refractivity contribution in [2.24, 2.45) is 0 Å². The first-order chi connectivity index (χ1) is 19.0. The minimum atomic E-state index is -0.0448. The fourth-order valence-electron chi connectivity index (χ4n) is 7.50. The first-order valence-corrected chi connectivity index (χ1v) is 15.5. The molecule has 0 unspecified atom stereocenters. The van der Waals surface area contributed by atoms with Crippen LogP contribution < -0.4 is 20.6 Å². The summed E-state index contributed by atoms with van der Waals surface area (Å²) >= 11 is 2.02. The van der Waals surface area contributed by atoms with Crippen molar-refractivity contribution in [2.75, 3.05) is 4.90 Å². The van der Waals surface area contributed by atoms with Gasteiger partial charge in [-0.1, -0.05) is 75.1 Å². The molecule has 0 amide bonds. The third-order valence-corrected chi connectivity index (χ3v) is 10.8. The number of anilines is 3. The number of thiophene rings is 1. The molecule has 3 aliphatic rings. The zero-order valence-electron chi connectivity index (χ0n) is 23.4. The van der Waals surface area contributed by atoms with Gasteiger partial charge in [-0.2, -0.15) is 0 Å². The summed E-state index contributed by atoms with van der Waals surface area (Å²) < 4.78 is 2.91. The standard InChI is InChI=1S/C36H34BNS/c1-5-6-9-23-12-17-32-27(20-23)34-35(39-32)37-30-11-8-7-10-28(30)36(3,4)29-18-22(2)19-31(33(29)37)38(34)26-16-15-24-13-14-25(24)21-26/h7-8,10-12,15-21H,5-6,9,13-14H2,1-4H3. The van der Waals surface area contributed by atoms with Crippen molar-refractivity contribution in [3.05, 3.63) is 106 Å². The Hall–Kier alpha value is -3.30. The second kappa shape index (κ2) is 8.35. The number of fused-ring (bicyclic) bond motifs is 7. The molecule has 3 heteroatoms. The molecule has 0 atom stereocenters. The molecule has 0 spiro atoms. The maximum atomic E-state index is 2.64. The van der Waals surface area contributed by atoms with Crippen LogP contribution in [0.3, 0.4) is 0 Å². The third-order valence-electron chi connectivity index (χ3n) is 9.62. The molecule has 0 saturated heterocycles. The highest BCUT2D eigenvalue weighted by molar-refractivity contribution is 7.33. The SMILES string of the molecule is CCCCc1ccc2sc3c(c2c1)N(c1ccc2c(c1)CC2)c1cc(C)cc2c1B3c1ccccc1C2(C)C. The van der Waals surface area contributed by atoms with Crippen LogP contribution in [0.5, 0.6) is 0 Å². The van der Waals surface area contributed by atoms with Crippen LogP contribution in [0.1, 0.15) is 67.0 Å². The lowest BCUT2D eigenvalue weighted by molar-refractivity contribution is 0.645. The molecule has 8 rings (SSSR count). The number of benzene rings is 4. The van der Waals surface area contributed by atoms with Crippen LogP contribution >= 0.6 is 11.3 Å². The highest BCUT2D eigenvalue weighted by Gasteiger charge is 2.47. The van der Waals surface area contributed by atoms with E-state index in [0.717, 1.165) is 6.42 Å². The van der Waals surface area contributed by atoms with Crippen LogP contribution in [-0.4, -0.2) is 6.71 Å². The second-order valence-electron chi connectivity index (χ2n) is 12.4. The van der Waals surface area contributed by atoms with Gasteiger partial charge in [0.1, 0.15) is 0 Å². The fraction of sp³-hybridized carbons (Fsp3) is 0.278. The predicted octanol–water partition coefficient (Wildman–Crippen LogP) is 7.59. The maximum Gasteiger partial charge on any atom is 0.260 e. The minimum Gasteiger partial charge on any atom is -0.310 e. The van der Waals surface area contributed by atoms with E-state index in [-0.39, 0.29) is 12.1 Å². The molecule has 5 aromatic rings. The zero-order chi connectivity index (χ0) is 26.5. The quantitative estimate of drug-likeness (QED) is 0.215. The molecular weight excluding hydrogens is 489 g/mol. The number of unbranched alkanes of at least 4 members (excludes halogenated alkanes) is 1. The molecule has 1 nitrogen and oxygen atoms in total. The summed E-state index contributed by atoms with van der Waals surface area (Å²) in [6.07, 6.45) is 6.03. The molecule has 39 heavy (non-hydrogen) atoms. The van der Waals surface area contributed by atoms with Gasteiger partial charge >= 0.3 is 0 Å². The molecule has 0 N–H and O–H groups in total. The lowest BCUT2D eigenvalue weighted by atomic mass is 9.32. The average molecular weight is 524 g/mol. The largest absolute Gasteiger partial charge is 0.310 e. The Morgan fingerprint density at radius 2 is 1.74 bits per heavy atom. The van der Waals surface area contributed by atoms with E-state index in [1.807, 2.05) is 11.3 Å². The van der Waals surface area contributed by atoms with E-state index in [2.05, 4.69) is 105 Å². The first kappa shape index (κ1) is 23.6. The number of hydrogen-bond donors (Lipinski definition) is 0. The molecular formula is C36H34BNS. The summed E-state index contributed by atoms with van der Waals surface area (Å²) in [7, 11) is 0. The summed E-state index contributed by atoms with van der Waals surface area (Å²) in [5.74, 6) is 0. The van der Waals surface area contributed by atoms with Crippen molar-refractivity contribution in [1.29, 1.82) is 0 Å². The van der Waals surface area contributed by atoms with E-state index in [1.54, 1.807) is 0 Å². The van der Waals surface area contributed by atoms with E-state index in [1.165, 1.54) is 102 Å². The smallest absolute Gasteiger partial charge is 0.260 e. The fourth-order valence-corrected chi connectivity index (χ4v) is 8.80. The van der Waals surface area contributed by atoms with E-state index >= 15 is 0 Å². The Balaban J connectivity index is 1.48. The highest BCUT2D eigenvalue weighted by Crippen LogP contribution is 2.47. The summed E-state index contributed by atoms with van der Waals surface area (Å²) in [5.41, 5.74) is 15.9. The molecule has 0 bridgehead atoms. The highest BCUT2D eigenvalue weighted by atomic mass is 32.1. The van der Waals surface area contributed by atoms with Crippen LogP contribution in [-0.2, 0) is 24.7 Å². The first-order valence-electron chi connectivity index (χ1n) is 14.7. The molecule has 0 saturated carbocycles. The Morgan fingerprint density at radius 1 is 0.897 bits per heavy atom. The van der Waals surface area contributed by atoms with Gasteiger partial charge < -0.3 is 4.90 Å². The van der Waals surface area contributed by atoms with E-state index in [4.69, 9.17) is 0 Å². The maximum absolute atomic E-state index is 2.64.